The maximum atomic E-state index is 12.1. The van der Waals surface area contributed by atoms with Gasteiger partial charge in [-0.3, -0.25) is 4.79 Å². The van der Waals surface area contributed by atoms with Crippen molar-refractivity contribution in [2.75, 3.05) is 28.6 Å². The van der Waals surface area contributed by atoms with Crippen molar-refractivity contribution in [2.45, 2.75) is 27.2 Å². The number of aryl methyl sites for hydroxylation is 1. The van der Waals surface area contributed by atoms with Crippen LogP contribution in [0.25, 0.3) is 0 Å². The van der Waals surface area contributed by atoms with Gasteiger partial charge < -0.3 is 15.5 Å². The lowest BCUT2D eigenvalue weighted by molar-refractivity contribution is -0.115. The quantitative estimate of drug-likeness (QED) is 0.550. The summed E-state index contributed by atoms with van der Waals surface area (Å²) in [5.74, 6) is 0.711. The minimum Gasteiger partial charge on any atom is -0.372 e. The first-order chi connectivity index (χ1) is 13.6. The number of amides is 1. The van der Waals surface area contributed by atoms with Gasteiger partial charge in [-0.05, 0) is 68.1 Å². The Kier molecular flexibility index (Phi) is 6.66. The van der Waals surface area contributed by atoms with Gasteiger partial charge >= 0.3 is 0 Å². The van der Waals surface area contributed by atoms with Gasteiger partial charge in [0.1, 0.15) is 5.82 Å². The van der Waals surface area contributed by atoms with Crippen molar-refractivity contribution in [2.24, 2.45) is 0 Å². The second-order valence-electron chi connectivity index (χ2n) is 6.53. The van der Waals surface area contributed by atoms with Gasteiger partial charge in [0.25, 0.3) is 0 Å². The van der Waals surface area contributed by atoms with Gasteiger partial charge in [0.2, 0.25) is 5.91 Å². The Morgan fingerprint density at radius 1 is 1.14 bits per heavy atom. The van der Waals surface area contributed by atoms with Crippen LogP contribution in [0.4, 0.5) is 22.9 Å². The summed E-state index contributed by atoms with van der Waals surface area (Å²) >= 11 is 1.58. The van der Waals surface area contributed by atoms with E-state index in [9.17, 15) is 4.79 Å². The third-order valence-electron chi connectivity index (χ3n) is 4.56. The van der Waals surface area contributed by atoms with Crippen molar-refractivity contribution < 1.29 is 4.79 Å². The standard InChI is InChI=1S/C22H26N4OS/c1-4-26(5-2)18-9-10-20(16(3)13-18)25-21-11-8-17(15-23-21)24-22(27)14-19-7-6-12-28-19/h6-13,15H,4-5,14H2,1-3H3,(H,23,25)(H,24,27). The number of aromatic nitrogens is 1. The van der Waals surface area contributed by atoms with Crippen LogP contribution in [0.3, 0.4) is 0 Å². The van der Waals surface area contributed by atoms with E-state index in [1.165, 1.54) is 11.3 Å². The van der Waals surface area contributed by atoms with E-state index >= 15 is 0 Å². The van der Waals surface area contributed by atoms with Crippen molar-refractivity contribution >= 4 is 40.1 Å². The minimum absolute atomic E-state index is 0.0344. The number of nitrogens with zero attached hydrogens (tertiary/aromatic N) is 2. The number of rotatable bonds is 8. The van der Waals surface area contributed by atoms with E-state index in [2.05, 4.69) is 59.5 Å². The molecule has 0 bridgehead atoms. The van der Waals surface area contributed by atoms with Crippen LogP contribution >= 0.6 is 11.3 Å². The smallest absolute Gasteiger partial charge is 0.229 e. The number of thiophene rings is 1. The summed E-state index contributed by atoms with van der Waals surface area (Å²) in [5, 5.41) is 8.21. The van der Waals surface area contributed by atoms with Gasteiger partial charge in [0, 0.05) is 29.3 Å². The van der Waals surface area contributed by atoms with Crippen molar-refractivity contribution in [3.8, 4) is 0 Å². The molecule has 2 heterocycles. The maximum Gasteiger partial charge on any atom is 0.229 e. The molecule has 3 aromatic rings. The van der Waals surface area contributed by atoms with Crippen molar-refractivity contribution in [3.63, 3.8) is 0 Å². The highest BCUT2D eigenvalue weighted by Crippen LogP contribution is 2.25. The topological polar surface area (TPSA) is 57.3 Å². The summed E-state index contributed by atoms with van der Waals surface area (Å²) in [4.78, 5) is 19.9. The molecule has 0 saturated carbocycles. The van der Waals surface area contributed by atoms with Crippen LogP contribution < -0.4 is 15.5 Å². The molecule has 0 aliphatic rings. The molecule has 0 fully saturated rings. The molecule has 0 saturated heterocycles. The highest BCUT2D eigenvalue weighted by Gasteiger charge is 2.07. The van der Waals surface area contributed by atoms with E-state index in [0.717, 1.165) is 29.5 Å². The second-order valence-corrected chi connectivity index (χ2v) is 7.57. The summed E-state index contributed by atoms with van der Waals surface area (Å²) in [6, 6.07) is 14.0. The van der Waals surface area contributed by atoms with Gasteiger partial charge in [-0.25, -0.2) is 4.98 Å². The van der Waals surface area contributed by atoms with Crippen LogP contribution in [0, 0.1) is 6.92 Å². The Morgan fingerprint density at radius 2 is 1.96 bits per heavy atom. The van der Waals surface area contributed by atoms with E-state index in [1.807, 2.05) is 29.6 Å². The Balaban J connectivity index is 1.61. The number of anilines is 4. The molecule has 146 valence electrons. The van der Waals surface area contributed by atoms with Gasteiger partial charge in [-0.1, -0.05) is 6.07 Å². The van der Waals surface area contributed by atoms with Crippen LogP contribution in [-0.4, -0.2) is 24.0 Å². The second kappa shape index (κ2) is 9.37. The van der Waals surface area contributed by atoms with Gasteiger partial charge in [0.05, 0.1) is 18.3 Å². The van der Waals surface area contributed by atoms with Gasteiger partial charge in [0.15, 0.2) is 0 Å². The molecule has 1 amide bonds. The molecule has 0 spiro atoms. The van der Waals surface area contributed by atoms with Crippen LogP contribution in [0.1, 0.15) is 24.3 Å². The lowest BCUT2D eigenvalue weighted by Crippen LogP contribution is -2.21. The molecule has 0 unspecified atom stereocenters. The van der Waals surface area contributed by atoms with Crippen LogP contribution in [0.5, 0.6) is 0 Å². The first-order valence-corrected chi connectivity index (χ1v) is 10.4. The Bertz CT molecular complexity index is 903. The number of hydrogen-bond donors (Lipinski definition) is 2. The van der Waals surface area contributed by atoms with Crippen LogP contribution in [-0.2, 0) is 11.2 Å². The molecule has 6 heteroatoms. The number of carbonyl (C=O) groups excluding carboxylic acids is 1. The fraction of sp³-hybridized carbons (Fsp3) is 0.273. The van der Waals surface area contributed by atoms with Crippen molar-refractivity contribution in [1.29, 1.82) is 0 Å². The van der Waals surface area contributed by atoms with Gasteiger partial charge in [-0.15, -0.1) is 11.3 Å². The fourth-order valence-corrected chi connectivity index (χ4v) is 3.73. The van der Waals surface area contributed by atoms with E-state index in [1.54, 1.807) is 17.5 Å². The van der Waals surface area contributed by atoms with E-state index in [0.29, 0.717) is 12.1 Å². The maximum absolute atomic E-state index is 12.1. The normalized spacial score (nSPS) is 10.5. The summed E-state index contributed by atoms with van der Waals surface area (Å²) in [6.07, 6.45) is 2.06. The molecule has 0 atom stereocenters. The Labute approximate surface area is 170 Å². The Morgan fingerprint density at radius 3 is 2.57 bits per heavy atom. The zero-order valence-corrected chi connectivity index (χ0v) is 17.3. The lowest BCUT2D eigenvalue weighted by Gasteiger charge is -2.22. The highest BCUT2D eigenvalue weighted by atomic mass is 32.1. The van der Waals surface area contributed by atoms with Gasteiger partial charge in [-0.2, -0.15) is 0 Å². The third-order valence-corrected chi connectivity index (χ3v) is 5.44. The minimum atomic E-state index is -0.0344. The molecule has 1 aromatic carbocycles. The Hall–Kier alpha value is -2.86. The van der Waals surface area contributed by atoms with Crippen molar-refractivity contribution in [1.82, 2.24) is 4.98 Å². The predicted octanol–water partition coefficient (Wildman–Crippen LogP) is 5.22. The fourth-order valence-electron chi connectivity index (χ4n) is 3.03. The molecular formula is C22H26N4OS. The van der Waals surface area contributed by atoms with Crippen LogP contribution in [0.15, 0.2) is 54.0 Å². The summed E-state index contributed by atoms with van der Waals surface area (Å²) in [5.41, 5.74) is 4.11. The number of pyridine rings is 1. The first kappa shape index (κ1) is 19.9. The monoisotopic (exact) mass is 394 g/mol. The van der Waals surface area contributed by atoms with E-state index < -0.39 is 0 Å². The lowest BCUT2D eigenvalue weighted by atomic mass is 10.1. The number of hydrogen-bond acceptors (Lipinski definition) is 5. The molecule has 0 radical (unpaired) electrons. The predicted molar refractivity (Wildman–Crippen MR) is 119 cm³/mol. The molecule has 5 nitrogen and oxygen atoms in total. The zero-order valence-electron chi connectivity index (χ0n) is 16.5. The largest absolute Gasteiger partial charge is 0.372 e. The average molecular weight is 395 g/mol. The highest BCUT2D eigenvalue weighted by molar-refractivity contribution is 7.10. The number of benzene rings is 1. The third kappa shape index (κ3) is 5.10. The molecule has 28 heavy (non-hydrogen) atoms. The average Bonchev–Trinajstić information content (AvgIpc) is 3.19. The molecule has 2 aromatic heterocycles. The first-order valence-electron chi connectivity index (χ1n) is 9.50. The molecule has 3 rings (SSSR count). The summed E-state index contributed by atoms with van der Waals surface area (Å²) < 4.78 is 0. The summed E-state index contributed by atoms with van der Waals surface area (Å²) in [6.45, 7) is 8.40. The summed E-state index contributed by atoms with van der Waals surface area (Å²) in [7, 11) is 0. The van der Waals surface area contributed by atoms with E-state index in [4.69, 9.17) is 0 Å². The van der Waals surface area contributed by atoms with E-state index in [-0.39, 0.29) is 5.91 Å². The number of nitrogens with one attached hydrogen (secondary N) is 2. The molecular weight excluding hydrogens is 368 g/mol. The zero-order chi connectivity index (χ0) is 19.9. The van der Waals surface area contributed by atoms with Crippen molar-refractivity contribution in [3.05, 3.63) is 64.5 Å². The molecule has 2 N–H and O–H groups in total. The number of carbonyl (C=O) groups is 1. The van der Waals surface area contributed by atoms with Crippen LogP contribution in [0.2, 0.25) is 0 Å². The molecule has 0 aliphatic carbocycles. The molecule has 0 aliphatic heterocycles. The SMILES string of the molecule is CCN(CC)c1ccc(Nc2ccc(NC(=O)Cc3cccs3)cn2)c(C)c1.